The van der Waals surface area contributed by atoms with Crippen LogP contribution >= 0.6 is 0 Å². The Morgan fingerprint density at radius 3 is 2.80 bits per heavy atom. The number of hydrazine groups is 1. The van der Waals surface area contributed by atoms with Gasteiger partial charge in [0.15, 0.2) is 0 Å². The molecule has 1 saturated heterocycles. The van der Waals surface area contributed by atoms with Crippen molar-refractivity contribution in [2.45, 2.75) is 13.0 Å². The van der Waals surface area contributed by atoms with Gasteiger partial charge in [0.2, 0.25) is 0 Å². The normalized spacial score (nSPS) is 24.3. The SMILES string of the molecule is CC1CNN(C[C@@H](N)c2ccccc2)C1. The number of nitrogens with zero attached hydrogens (tertiary/aromatic N) is 1. The van der Waals surface area contributed by atoms with E-state index in [1.807, 2.05) is 18.2 Å². The van der Waals surface area contributed by atoms with Crippen LogP contribution in [0.4, 0.5) is 0 Å². The first kappa shape index (κ1) is 10.6. The highest BCUT2D eigenvalue weighted by molar-refractivity contribution is 5.18. The predicted molar refractivity (Wildman–Crippen MR) is 62.1 cm³/mol. The van der Waals surface area contributed by atoms with E-state index in [2.05, 4.69) is 29.5 Å². The number of nitrogens with one attached hydrogen (secondary N) is 1. The lowest BCUT2D eigenvalue weighted by atomic mass is 10.1. The molecule has 1 aromatic rings. The number of benzene rings is 1. The number of hydrogen-bond acceptors (Lipinski definition) is 3. The Labute approximate surface area is 91.2 Å². The maximum Gasteiger partial charge on any atom is 0.0438 e. The topological polar surface area (TPSA) is 41.3 Å². The van der Waals surface area contributed by atoms with Crippen LogP contribution in [0.2, 0.25) is 0 Å². The van der Waals surface area contributed by atoms with E-state index < -0.39 is 0 Å². The zero-order chi connectivity index (χ0) is 10.7. The summed E-state index contributed by atoms with van der Waals surface area (Å²) in [6, 6.07) is 10.4. The molecule has 0 aromatic heterocycles. The van der Waals surface area contributed by atoms with Crippen LogP contribution in [-0.4, -0.2) is 24.6 Å². The van der Waals surface area contributed by atoms with E-state index in [-0.39, 0.29) is 6.04 Å². The zero-order valence-corrected chi connectivity index (χ0v) is 9.19. The molecular weight excluding hydrogens is 186 g/mol. The van der Waals surface area contributed by atoms with E-state index in [0.29, 0.717) is 0 Å². The van der Waals surface area contributed by atoms with Gasteiger partial charge >= 0.3 is 0 Å². The van der Waals surface area contributed by atoms with Crippen molar-refractivity contribution in [1.82, 2.24) is 10.4 Å². The van der Waals surface area contributed by atoms with E-state index in [4.69, 9.17) is 5.73 Å². The second-order valence-corrected chi connectivity index (χ2v) is 4.39. The van der Waals surface area contributed by atoms with Gasteiger partial charge in [0.05, 0.1) is 0 Å². The van der Waals surface area contributed by atoms with Gasteiger partial charge in [0.1, 0.15) is 0 Å². The maximum absolute atomic E-state index is 6.14. The van der Waals surface area contributed by atoms with E-state index >= 15 is 0 Å². The third kappa shape index (κ3) is 2.78. The standard InChI is InChI=1S/C12H19N3/c1-10-7-14-15(8-10)9-12(13)11-5-3-2-4-6-11/h2-6,10,12,14H,7-9,13H2,1H3/t10?,12-/m1/s1. The van der Waals surface area contributed by atoms with Gasteiger partial charge in [-0.25, -0.2) is 5.01 Å². The Kier molecular flexibility index (Phi) is 3.36. The fraction of sp³-hybridized carbons (Fsp3) is 0.500. The number of hydrogen-bond donors (Lipinski definition) is 2. The summed E-state index contributed by atoms with van der Waals surface area (Å²) in [6.07, 6.45) is 0. The Hall–Kier alpha value is -0.900. The summed E-state index contributed by atoms with van der Waals surface area (Å²) in [6.45, 7) is 5.30. The number of nitrogens with two attached hydrogens (primary N) is 1. The monoisotopic (exact) mass is 205 g/mol. The Bertz CT molecular complexity index is 299. The summed E-state index contributed by atoms with van der Waals surface area (Å²) in [5.74, 6) is 0.730. The molecule has 3 heteroatoms. The van der Waals surface area contributed by atoms with Crippen LogP contribution in [0.25, 0.3) is 0 Å². The van der Waals surface area contributed by atoms with Crippen LogP contribution in [-0.2, 0) is 0 Å². The molecule has 82 valence electrons. The molecule has 0 spiro atoms. The molecule has 3 N–H and O–H groups in total. The van der Waals surface area contributed by atoms with Crippen molar-refractivity contribution < 1.29 is 0 Å². The molecule has 1 fully saturated rings. The van der Waals surface area contributed by atoms with Crippen molar-refractivity contribution in [3.8, 4) is 0 Å². The van der Waals surface area contributed by atoms with Gasteiger partial charge in [-0.05, 0) is 11.5 Å². The molecule has 0 radical (unpaired) electrons. The third-order valence-electron chi connectivity index (χ3n) is 2.84. The second kappa shape index (κ2) is 4.75. The van der Waals surface area contributed by atoms with Crippen LogP contribution in [0.3, 0.4) is 0 Å². The largest absolute Gasteiger partial charge is 0.323 e. The van der Waals surface area contributed by atoms with Gasteiger partial charge < -0.3 is 5.73 Å². The fourth-order valence-corrected chi connectivity index (χ4v) is 1.97. The zero-order valence-electron chi connectivity index (χ0n) is 9.19. The molecule has 15 heavy (non-hydrogen) atoms. The lowest BCUT2D eigenvalue weighted by molar-refractivity contribution is 0.234. The second-order valence-electron chi connectivity index (χ2n) is 4.39. The van der Waals surface area contributed by atoms with Crippen LogP contribution in [0.5, 0.6) is 0 Å². The van der Waals surface area contributed by atoms with Crippen molar-refractivity contribution in [3.63, 3.8) is 0 Å². The minimum absolute atomic E-state index is 0.101. The Morgan fingerprint density at radius 2 is 2.20 bits per heavy atom. The molecule has 0 amide bonds. The highest BCUT2D eigenvalue weighted by atomic mass is 15.5. The van der Waals surface area contributed by atoms with Gasteiger partial charge in [0.25, 0.3) is 0 Å². The summed E-state index contributed by atoms with van der Waals surface area (Å²) in [5.41, 5.74) is 10.7. The smallest absolute Gasteiger partial charge is 0.0438 e. The van der Waals surface area contributed by atoms with E-state index in [0.717, 1.165) is 25.6 Å². The molecule has 0 saturated carbocycles. The van der Waals surface area contributed by atoms with Gasteiger partial charge in [0, 0.05) is 25.7 Å². The first-order chi connectivity index (χ1) is 7.25. The molecular formula is C12H19N3. The Balaban J connectivity index is 1.90. The highest BCUT2D eigenvalue weighted by Crippen LogP contribution is 2.13. The van der Waals surface area contributed by atoms with Crippen LogP contribution in [0.15, 0.2) is 30.3 Å². The molecule has 1 unspecified atom stereocenters. The van der Waals surface area contributed by atoms with Crippen molar-refractivity contribution in [3.05, 3.63) is 35.9 Å². The average molecular weight is 205 g/mol. The quantitative estimate of drug-likeness (QED) is 0.777. The molecule has 1 heterocycles. The van der Waals surface area contributed by atoms with E-state index in [1.165, 1.54) is 5.56 Å². The van der Waals surface area contributed by atoms with Gasteiger partial charge in [-0.15, -0.1) is 0 Å². The fourth-order valence-electron chi connectivity index (χ4n) is 1.97. The maximum atomic E-state index is 6.14. The molecule has 0 bridgehead atoms. The molecule has 2 rings (SSSR count). The van der Waals surface area contributed by atoms with Crippen molar-refractivity contribution in [1.29, 1.82) is 0 Å². The number of rotatable bonds is 3. The predicted octanol–water partition coefficient (Wildman–Crippen LogP) is 1.14. The minimum atomic E-state index is 0.101. The van der Waals surface area contributed by atoms with Crippen LogP contribution in [0, 0.1) is 5.92 Å². The first-order valence-electron chi connectivity index (χ1n) is 5.54. The molecule has 1 aromatic carbocycles. The molecule has 1 aliphatic rings. The van der Waals surface area contributed by atoms with E-state index in [9.17, 15) is 0 Å². The average Bonchev–Trinajstić information content (AvgIpc) is 2.65. The molecule has 3 nitrogen and oxygen atoms in total. The lowest BCUT2D eigenvalue weighted by Crippen LogP contribution is -2.37. The van der Waals surface area contributed by atoms with Crippen LogP contribution in [0.1, 0.15) is 18.5 Å². The highest BCUT2D eigenvalue weighted by Gasteiger charge is 2.20. The van der Waals surface area contributed by atoms with Gasteiger partial charge in [-0.1, -0.05) is 37.3 Å². The Morgan fingerprint density at radius 1 is 1.47 bits per heavy atom. The van der Waals surface area contributed by atoms with E-state index in [1.54, 1.807) is 0 Å². The molecule has 2 atom stereocenters. The lowest BCUT2D eigenvalue weighted by Gasteiger charge is -2.20. The van der Waals surface area contributed by atoms with Gasteiger partial charge in [-0.3, -0.25) is 5.43 Å². The van der Waals surface area contributed by atoms with Gasteiger partial charge in [-0.2, -0.15) is 0 Å². The first-order valence-corrected chi connectivity index (χ1v) is 5.54. The summed E-state index contributed by atoms with van der Waals surface area (Å²) in [5, 5.41) is 2.22. The van der Waals surface area contributed by atoms with Crippen molar-refractivity contribution in [2.24, 2.45) is 11.7 Å². The van der Waals surface area contributed by atoms with Crippen molar-refractivity contribution in [2.75, 3.05) is 19.6 Å². The summed E-state index contributed by atoms with van der Waals surface area (Å²) in [7, 11) is 0. The molecule has 0 aliphatic carbocycles. The summed E-state index contributed by atoms with van der Waals surface area (Å²) < 4.78 is 0. The van der Waals surface area contributed by atoms with Crippen molar-refractivity contribution >= 4 is 0 Å². The third-order valence-corrected chi connectivity index (χ3v) is 2.84. The molecule has 1 aliphatic heterocycles. The summed E-state index contributed by atoms with van der Waals surface area (Å²) >= 11 is 0. The van der Waals surface area contributed by atoms with Crippen LogP contribution < -0.4 is 11.2 Å². The minimum Gasteiger partial charge on any atom is -0.323 e. The summed E-state index contributed by atoms with van der Waals surface area (Å²) in [4.78, 5) is 0.